The number of nitrogens with one attached hydrogen (secondary N) is 1. The van der Waals surface area contributed by atoms with Crippen molar-refractivity contribution in [3.63, 3.8) is 0 Å². The first-order valence-corrected chi connectivity index (χ1v) is 7.01. The van der Waals surface area contributed by atoms with Gasteiger partial charge in [-0.15, -0.1) is 0 Å². The van der Waals surface area contributed by atoms with Gasteiger partial charge < -0.3 is 10.1 Å². The lowest BCUT2D eigenvalue weighted by Crippen LogP contribution is -2.23. The summed E-state index contributed by atoms with van der Waals surface area (Å²) < 4.78 is 6.24. The maximum Gasteiger partial charge on any atom is 0.133 e. The Bertz CT molecular complexity index is 388. The van der Waals surface area contributed by atoms with Crippen molar-refractivity contribution in [1.82, 2.24) is 5.32 Å². The molecule has 1 aliphatic carbocycles. The lowest BCUT2D eigenvalue weighted by molar-refractivity contribution is 0.411. The van der Waals surface area contributed by atoms with E-state index in [1.165, 1.54) is 24.8 Å². The van der Waals surface area contributed by atoms with Gasteiger partial charge in [-0.05, 0) is 58.3 Å². The van der Waals surface area contributed by atoms with Crippen molar-refractivity contribution < 1.29 is 4.74 Å². The summed E-state index contributed by atoms with van der Waals surface area (Å²) in [5.74, 6) is 0.890. The molecule has 1 fully saturated rings. The van der Waals surface area contributed by atoms with Gasteiger partial charge in [-0.2, -0.15) is 0 Å². The minimum Gasteiger partial charge on any atom is -0.496 e. The number of ether oxygens (including phenoxy) is 1. The fourth-order valence-electron chi connectivity index (χ4n) is 2.12. The molecule has 0 heterocycles. The van der Waals surface area contributed by atoms with Crippen LogP contribution in [0.3, 0.4) is 0 Å². The summed E-state index contributed by atoms with van der Waals surface area (Å²) in [6.45, 7) is 4.37. The highest BCUT2D eigenvalue weighted by molar-refractivity contribution is 9.10. The average Bonchev–Trinajstić information content (AvgIpc) is 3.10. The SMILES string of the molecule is CCC1(CNCc2ccc(OC)c(Br)c2)CC1. The topological polar surface area (TPSA) is 21.3 Å². The van der Waals surface area contributed by atoms with Crippen molar-refractivity contribution in [2.75, 3.05) is 13.7 Å². The van der Waals surface area contributed by atoms with Crippen LogP contribution in [-0.4, -0.2) is 13.7 Å². The largest absolute Gasteiger partial charge is 0.496 e. The standard InChI is InChI=1S/C14H20BrNO/c1-3-14(6-7-14)10-16-9-11-4-5-13(17-2)12(15)8-11/h4-5,8,16H,3,6-7,9-10H2,1-2H3. The van der Waals surface area contributed by atoms with E-state index in [0.717, 1.165) is 23.3 Å². The van der Waals surface area contributed by atoms with Gasteiger partial charge in [0, 0.05) is 13.1 Å². The van der Waals surface area contributed by atoms with Gasteiger partial charge in [0.25, 0.3) is 0 Å². The van der Waals surface area contributed by atoms with Crippen LogP contribution >= 0.6 is 15.9 Å². The van der Waals surface area contributed by atoms with E-state index >= 15 is 0 Å². The second-order valence-corrected chi connectivity index (χ2v) is 5.78. The van der Waals surface area contributed by atoms with Gasteiger partial charge in [0.1, 0.15) is 5.75 Å². The van der Waals surface area contributed by atoms with Gasteiger partial charge in [0.15, 0.2) is 0 Å². The molecule has 0 aromatic heterocycles. The van der Waals surface area contributed by atoms with Gasteiger partial charge in [0.05, 0.1) is 11.6 Å². The quantitative estimate of drug-likeness (QED) is 0.864. The Morgan fingerprint density at radius 1 is 1.41 bits per heavy atom. The van der Waals surface area contributed by atoms with E-state index in [4.69, 9.17) is 4.74 Å². The van der Waals surface area contributed by atoms with Crippen LogP contribution in [0.1, 0.15) is 31.7 Å². The summed E-state index contributed by atoms with van der Waals surface area (Å²) >= 11 is 3.51. The van der Waals surface area contributed by atoms with Crippen LogP contribution < -0.4 is 10.1 Å². The highest BCUT2D eigenvalue weighted by Gasteiger charge is 2.39. The minimum atomic E-state index is 0.615. The van der Waals surface area contributed by atoms with Gasteiger partial charge >= 0.3 is 0 Å². The van der Waals surface area contributed by atoms with Crippen LogP contribution in [0.15, 0.2) is 22.7 Å². The second kappa shape index (κ2) is 5.40. The van der Waals surface area contributed by atoms with Gasteiger partial charge in [-0.3, -0.25) is 0 Å². The normalized spacial score (nSPS) is 16.9. The Labute approximate surface area is 112 Å². The van der Waals surface area contributed by atoms with E-state index in [2.05, 4.69) is 40.3 Å². The van der Waals surface area contributed by atoms with Crippen molar-refractivity contribution in [2.45, 2.75) is 32.7 Å². The molecule has 0 radical (unpaired) electrons. The molecule has 17 heavy (non-hydrogen) atoms. The third-order valence-corrected chi connectivity index (χ3v) is 4.37. The van der Waals surface area contributed by atoms with Crippen molar-refractivity contribution in [3.05, 3.63) is 28.2 Å². The van der Waals surface area contributed by atoms with Gasteiger partial charge in [0.2, 0.25) is 0 Å². The highest BCUT2D eigenvalue weighted by atomic mass is 79.9. The molecule has 1 saturated carbocycles. The summed E-state index contributed by atoms with van der Waals surface area (Å²) in [6, 6.07) is 6.24. The van der Waals surface area contributed by atoms with E-state index in [-0.39, 0.29) is 0 Å². The molecular formula is C14H20BrNO. The third-order valence-electron chi connectivity index (χ3n) is 3.75. The maximum atomic E-state index is 5.22. The summed E-state index contributed by atoms with van der Waals surface area (Å²) in [5.41, 5.74) is 1.91. The molecular weight excluding hydrogens is 278 g/mol. The molecule has 1 aromatic carbocycles. The van der Waals surface area contributed by atoms with E-state index in [1.54, 1.807) is 7.11 Å². The zero-order valence-corrected chi connectivity index (χ0v) is 12.1. The molecule has 0 bridgehead atoms. The summed E-state index contributed by atoms with van der Waals surface area (Å²) in [6.07, 6.45) is 4.08. The van der Waals surface area contributed by atoms with Crippen molar-refractivity contribution in [2.24, 2.45) is 5.41 Å². The molecule has 94 valence electrons. The Morgan fingerprint density at radius 2 is 2.18 bits per heavy atom. The molecule has 1 aromatic rings. The molecule has 3 heteroatoms. The van der Waals surface area contributed by atoms with E-state index in [9.17, 15) is 0 Å². The number of methoxy groups -OCH3 is 1. The molecule has 1 aliphatic rings. The predicted molar refractivity (Wildman–Crippen MR) is 74.4 cm³/mol. The lowest BCUT2D eigenvalue weighted by Gasteiger charge is -2.13. The monoisotopic (exact) mass is 297 g/mol. The first-order valence-electron chi connectivity index (χ1n) is 6.22. The lowest BCUT2D eigenvalue weighted by atomic mass is 10.0. The van der Waals surface area contributed by atoms with Crippen molar-refractivity contribution in [3.8, 4) is 5.75 Å². The number of hydrogen-bond acceptors (Lipinski definition) is 2. The first kappa shape index (κ1) is 12.9. The van der Waals surface area contributed by atoms with Crippen molar-refractivity contribution in [1.29, 1.82) is 0 Å². The molecule has 0 atom stereocenters. The highest BCUT2D eigenvalue weighted by Crippen LogP contribution is 2.47. The molecule has 0 aliphatic heterocycles. The van der Waals surface area contributed by atoms with Crippen molar-refractivity contribution >= 4 is 15.9 Å². The second-order valence-electron chi connectivity index (χ2n) is 4.93. The summed E-state index contributed by atoms with van der Waals surface area (Å²) in [7, 11) is 1.69. The maximum absolute atomic E-state index is 5.22. The van der Waals surface area contributed by atoms with Crippen LogP contribution in [0.5, 0.6) is 5.75 Å². The Balaban J connectivity index is 1.85. The van der Waals surface area contributed by atoms with E-state index in [0.29, 0.717) is 5.41 Å². The van der Waals surface area contributed by atoms with Crippen LogP contribution in [0.25, 0.3) is 0 Å². The van der Waals surface area contributed by atoms with E-state index in [1.807, 2.05) is 6.07 Å². The Morgan fingerprint density at radius 3 is 2.71 bits per heavy atom. The number of benzene rings is 1. The predicted octanol–water partition coefficient (Wildman–Crippen LogP) is 3.74. The van der Waals surface area contributed by atoms with E-state index < -0.39 is 0 Å². The minimum absolute atomic E-state index is 0.615. The summed E-state index contributed by atoms with van der Waals surface area (Å²) in [4.78, 5) is 0. The molecule has 2 rings (SSSR count). The average molecular weight is 298 g/mol. The fourth-order valence-corrected chi connectivity index (χ4v) is 2.71. The number of halogens is 1. The van der Waals surface area contributed by atoms with Crippen LogP contribution in [0, 0.1) is 5.41 Å². The zero-order valence-electron chi connectivity index (χ0n) is 10.6. The number of hydrogen-bond donors (Lipinski definition) is 1. The zero-order chi connectivity index (χ0) is 12.3. The molecule has 2 nitrogen and oxygen atoms in total. The Kier molecular flexibility index (Phi) is 4.10. The molecule has 1 N–H and O–H groups in total. The van der Waals surface area contributed by atoms with Gasteiger partial charge in [-0.25, -0.2) is 0 Å². The Hall–Kier alpha value is -0.540. The van der Waals surface area contributed by atoms with Crippen LogP contribution in [-0.2, 0) is 6.54 Å². The molecule has 0 saturated heterocycles. The molecule has 0 unspecified atom stereocenters. The summed E-state index contributed by atoms with van der Waals surface area (Å²) in [5, 5.41) is 3.56. The van der Waals surface area contributed by atoms with Crippen LogP contribution in [0.4, 0.5) is 0 Å². The third kappa shape index (κ3) is 3.23. The number of rotatable bonds is 6. The first-order chi connectivity index (χ1) is 8.19. The molecule has 0 amide bonds. The van der Waals surface area contributed by atoms with Gasteiger partial charge in [-0.1, -0.05) is 13.0 Å². The van der Waals surface area contributed by atoms with Crippen LogP contribution in [0.2, 0.25) is 0 Å². The molecule has 0 spiro atoms. The smallest absolute Gasteiger partial charge is 0.133 e. The fraction of sp³-hybridized carbons (Fsp3) is 0.571.